The van der Waals surface area contributed by atoms with Gasteiger partial charge in [0.15, 0.2) is 0 Å². The fraction of sp³-hybridized carbons (Fsp3) is 0.714. The van der Waals surface area contributed by atoms with E-state index in [2.05, 4.69) is 19.9 Å². The molecule has 0 saturated carbocycles. The molecule has 16 heavy (non-hydrogen) atoms. The van der Waals surface area contributed by atoms with Crippen LogP contribution in [0.3, 0.4) is 0 Å². The predicted molar refractivity (Wildman–Crippen MR) is 72.0 cm³/mol. The van der Waals surface area contributed by atoms with E-state index in [-0.39, 0.29) is 6.04 Å². The Morgan fingerprint density at radius 1 is 1.31 bits per heavy atom. The Bertz CT molecular complexity index is 319. The fourth-order valence-corrected chi connectivity index (χ4v) is 3.72. The van der Waals surface area contributed by atoms with Gasteiger partial charge in [-0.3, -0.25) is 0 Å². The van der Waals surface area contributed by atoms with Crippen molar-refractivity contribution >= 4 is 11.3 Å². The zero-order chi connectivity index (χ0) is 11.5. The lowest BCUT2D eigenvalue weighted by atomic mass is 10.0. The molecule has 90 valence electrons. The van der Waals surface area contributed by atoms with Gasteiger partial charge in [0, 0.05) is 15.8 Å². The van der Waals surface area contributed by atoms with Gasteiger partial charge >= 0.3 is 0 Å². The quantitative estimate of drug-likeness (QED) is 0.821. The highest BCUT2D eigenvalue weighted by atomic mass is 32.1. The Hall–Kier alpha value is -0.340. The Balaban J connectivity index is 1.86. The number of rotatable bonds is 5. The molecule has 1 aromatic heterocycles. The normalized spacial score (nSPS) is 16.8. The van der Waals surface area contributed by atoms with Crippen LogP contribution in [0.15, 0.2) is 6.07 Å². The lowest BCUT2D eigenvalue weighted by Crippen LogP contribution is -2.08. The monoisotopic (exact) mass is 237 g/mol. The molecule has 0 saturated heterocycles. The van der Waals surface area contributed by atoms with Gasteiger partial charge in [0.25, 0.3) is 0 Å². The maximum absolute atomic E-state index is 6.25. The van der Waals surface area contributed by atoms with Crippen molar-refractivity contribution < 1.29 is 0 Å². The van der Waals surface area contributed by atoms with Crippen LogP contribution in [-0.4, -0.2) is 0 Å². The minimum atomic E-state index is 0.286. The number of nitrogens with two attached hydrogens (primary N) is 1. The Morgan fingerprint density at radius 2 is 2.12 bits per heavy atom. The van der Waals surface area contributed by atoms with Crippen LogP contribution in [0.5, 0.6) is 0 Å². The average molecular weight is 237 g/mol. The van der Waals surface area contributed by atoms with Crippen molar-refractivity contribution in [2.24, 2.45) is 11.7 Å². The van der Waals surface area contributed by atoms with E-state index < -0.39 is 0 Å². The molecule has 1 nitrogen and oxygen atoms in total. The van der Waals surface area contributed by atoms with E-state index in [0.29, 0.717) is 0 Å². The second-order valence-electron chi connectivity index (χ2n) is 5.38. The van der Waals surface area contributed by atoms with Crippen LogP contribution >= 0.6 is 11.3 Å². The first-order chi connectivity index (χ1) is 7.66. The van der Waals surface area contributed by atoms with Crippen molar-refractivity contribution in [3.63, 3.8) is 0 Å². The summed E-state index contributed by atoms with van der Waals surface area (Å²) in [5.41, 5.74) is 7.84. The third-order valence-electron chi connectivity index (χ3n) is 3.43. The summed E-state index contributed by atoms with van der Waals surface area (Å²) in [5, 5.41) is 0. The molecule has 1 atom stereocenters. The van der Waals surface area contributed by atoms with Crippen LogP contribution in [0.1, 0.15) is 60.9 Å². The lowest BCUT2D eigenvalue weighted by molar-refractivity contribution is 0.508. The van der Waals surface area contributed by atoms with Gasteiger partial charge in [0.2, 0.25) is 0 Å². The summed E-state index contributed by atoms with van der Waals surface area (Å²) in [6.07, 6.45) is 7.64. The van der Waals surface area contributed by atoms with Crippen LogP contribution in [0.25, 0.3) is 0 Å². The Morgan fingerprint density at radius 3 is 2.81 bits per heavy atom. The van der Waals surface area contributed by atoms with Gasteiger partial charge in [-0.1, -0.05) is 26.7 Å². The third-order valence-corrected chi connectivity index (χ3v) is 4.80. The molecule has 0 fully saturated rings. The number of hydrogen-bond donors (Lipinski definition) is 1. The number of hydrogen-bond acceptors (Lipinski definition) is 2. The summed E-state index contributed by atoms with van der Waals surface area (Å²) < 4.78 is 0. The Labute approximate surface area is 103 Å². The fourth-order valence-electron chi connectivity index (χ4n) is 2.42. The molecule has 2 N–H and O–H groups in total. The van der Waals surface area contributed by atoms with Crippen molar-refractivity contribution in [1.82, 2.24) is 0 Å². The lowest BCUT2D eigenvalue weighted by Gasteiger charge is -2.10. The van der Waals surface area contributed by atoms with Crippen LogP contribution in [-0.2, 0) is 12.8 Å². The summed E-state index contributed by atoms with van der Waals surface area (Å²) >= 11 is 1.96. The van der Waals surface area contributed by atoms with E-state index in [1.165, 1.54) is 37.0 Å². The van der Waals surface area contributed by atoms with Gasteiger partial charge in [0.05, 0.1) is 0 Å². The highest BCUT2D eigenvalue weighted by Crippen LogP contribution is 2.34. The SMILES string of the molecule is CC(C)CCCC(N)c1cc2c(s1)CCC2. The predicted octanol–water partition coefficient (Wildman–Crippen LogP) is 4.06. The summed E-state index contributed by atoms with van der Waals surface area (Å²) in [7, 11) is 0. The molecule has 0 aliphatic heterocycles. The first kappa shape index (κ1) is 12.1. The van der Waals surface area contributed by atoms with Crippen molar-refractivity contribution in [2.45, 2.75) is 58.4 Å². The van der Waals surface area contributed by atoms with Crippen LogP contribution < -0.4 is 5.73 Å². The molecule has 1 aliphatic carbocycles. The van der Waals surface area contributed by atoms with Crippen LogP contribution in [0, 0.1) is 5.92 Å². The summed E-state index contributed by atoms with van der Waals surface area (Å²) in [5.74, 6) is 0.806. The van der Waals surface area contributed by atoms with E-state index in [4.69, 9.17) is 5.73 Å². The highest BCUT2D eigenvalue weighted by Gasteiger charge is 2.17. The van der Waals surface area contributed by atoms with Crippen molar-refractivity contribution in [2.75, 3.05) is 0 Å². The first-order valence-electron chi connectivity index (χ1n) is 6.54. The number of fused-ring (bicyclic) bond motifs is 1. The van der Waals surface area contributed by atoms with E-state index in [9.17, 15) is 0 Å². The van der Waals surface area contributed by atoms with Gasteiger partial charge in [-0.05, 0) is 43.2 Å². The van der Waals surface area contributed by atoms with Gasteiger partial charge in [-0.15, -0.1) is 11.3 Å². The van der Waals surface area contributed by atoms with Gasteiger partial charge in [-0.25, -0.2) is 0 Å². The standard InChI is InChI=1S/C14H23NS/c1-10(2)5-3-7-12(15)14-9-11-6-4-8-13(11)16-14/h9-10,12H,3-8,15H2,1-2H3. The molecule has 0 amide bonds. The molecule has 1 heterocycles. The smallest absolute Gasteiger partial charge is 0.0389 e. The minimum Gasteiger partial charge on any atom is -0.323 e. The minimum absolute atomic E-state index is 0.286. The molecule has 0 bridgehead atoms. The molecule has 2 heteroatoms. The van der Waals surface area contributed by atoms with E-state index in [1.807, 2.05) is 11.3 Å². The summed E-state index contributed by atoms with van der Waals surface area (Å²) in [6, 6.07) is 2.65. The third kappa shape index (κ3) is 2.86. The maximum Gasteiger partial charge on any atom is 0.0389 e. The molecule has 0 radical (unpaired) electrons. The highest BCUT2D eigenvalue weighted by molar-refractivity contribution is 7.12. The summed E-state index contributed by atoms with van der Waals surface area (Å²) in [6.45, 7) is 4.57. The number of thiophene rings is 1. The molecule has 0 spiro atoms. The largest absolute Gasteiger partial charge is 0.323 e. The molecular weight excluding hydrogens is 214 g/mol. The number of aryl methyl sites for hydroxylation is 2. The van der Waals surface area contributed by atoms with Gasteiger partial charge < -0.3 is 5.73 Å². The van der Waals surface area contributed by atoms with E-state index in [1.54, 1.807) is 10.4 Å². The molecule has 1 unspecified atom stereocenters. The topological polar surface area (TPSA) is 26.0 Å². The second kappa shape index (κ2) is 5.33. The van der Waals surface area contributed by atoms with Crippen LogP contribution in [0.2, 0.25) is 0 Å². The summed E-state index contributed by atoms with van der Waals surface area (Å²) in [4.78, 5) is 3.03. The first-order valence-corrected chi connectivity index (χ1v) is 7.35. The van der Waals surface area contributed by atoms with Crippen molar-refractivity contribution in [3.8, 4) is 0 Å². The van der Waals surface area contributed by atoms with Crippen molar-refractivity contribution in [3.05, 3.63) is 21.4 Å². The molecule has 0 aromatic carbocycles. The van der Waals surface area contributed by atoms with Crippen LogP contribution in [0.4, 0.5) is 0 Å². The molecule has 1 aliphatic rings. The molecule has 2 rings (SSSR count). The van der Waals surface area contributed by atoms with E-state index in [0.717, 1.165) is 12.3 Å². The Kier molecular flexibility index (Phi) is 4.04. The zero-order valence-corrected chi connectivity index (χ0v) is 11.3. The van der Waals surface area contributed by atoms with Gasteiger partial charge in [0.1, 0.15) is 0 Å². The molecule has 1 aromatic rings. The molecular formula is C14H23NS. The maximum atomic E-state index is 6.25. The zero-order valence-electron chi connectivity index (χ0n) is 10.5. The second-order valence-corrected chi connectivity index (χ2v) is 6.55. The van der Waals surface area contributed by atoms with Crippen molar-refractivity contribution in [1.29, 1.82) is 0 Å². The average Bonchev–Trinajstić information content (AvgIpc) is 2.75. The van der Waals surface area contributed by atoms with Gasteiger partial charge in [-0.2, -0.15) is 0 Å². The van der Waals surface area contributed by atoms with E-state index >= 15 is 0 Å².